The number of unbranched alkanes of at least 4 members (excludes halogenated alkanes) is 1. The van der Waals surface area contributed by atoms with Crippen LogP contribution in [0.25, 0.3) is 11.1 Å². The smallest absolute Gasteiger partial charge is 0.220 e. The van der Waals surface area contributed by atoms with E-state index < -0.39 is 0 Å². The Kier molecular flexibility index (Phi) is 5.16. The first-order valence-electron chi connectivity index (χ1n) is 6.68. The summed E-state index contributed by atoms with van der Waals surface area (Å²) in [5, 5.41) is 7.21. The number of carbonyl (C=O) groups is 1. The van der Waals surface area contributed by atoms with E-state index in [1.807, 2.05) is 12.1 Å². The third-order valence-corrected chi connectivity index (χ3v) is 3.77. The summed E-state index contributed by atoms with van der Waals surface area (Å²) in [7, 11) is 0. The number of hydrogen-bond acceptors (Lipinski definition) is 2. The first kappa shape index (κ1) is 13.8. The summed E-state index contributed by atoms with van der Waals surface area (Å²) in [5.74, 6) is 0.141. The molecule has 0 aliphatic rings. The van der Waals surface area contributed by atoms with Gasteiger partial charge in [-0.25, -0.2) is 0 Å². The van der Waals surface area contributed by atoms with Gasteiger partial charge in [-0.2, -0.15) is 11.3 Å². The topological polar surface area (TPSA) is 29.1 Å². The highest BCUT2D eigenvalue weighted by atomic mass is 32.1. The largest absolute Gasteiger partial charge is 0.352 e. The van der Waals surface area contributed by atoms with Crippen LogP contribution in [-0.2, 0) is 11.3 Å². The van der Waals surface area contributed by atoms with E-state index in [1.165, 1.54) is 16.7 Å². The first-order valence-corrected chi connectivity index (χ1v) is 7.62. The van der Waals surface area contributed by atoms with E-state index in [4.69, 9.17) is 0 Å². The maximum Gasteiger partial charge on any atom is 0.220 e. The van der Waals surface area contributed by atoms with Gasteiger partial charge >= 0.3 is 0 Å². The van der Waals surface area contributed by atoms with Crippen LogP contribution in [0.2, 0.25) is 0 Å². The average molecular weight is 273 g/mol. The molecule has 0 radical (unpaired) electrons. The fourth-order valence-corrected chi connectivity index (χ4v) is 2.65. The second-order valence-corrected chi connectivity index (χ2v) is 5.33. The zero-order valence-corrected chi connectivity index (χ0v) is 12.0. The Bertz CT molecular complexity index is 519. The maximum absolute atomic E-state index is 11.7. The number of nitrogens with one attached hydrogen (secondary N) is 1. The molecule has 1 aromatic heterocycles. The molecule has 1 heterocycles. The van der Waals surface area contributed by atoms with Gasteiger partial charge in [-0.05, 0) is 39.9 Å². The van der Waals surface area contributed by atoms with Crippen LogP contribution in [0.4, 0.5) is 0 Å². The molecule has 2 nitrogen and oxygen atoms in total. The van der Waals surface area contributed by atoms with Crippen LogP contribution in [0, 0.1) is 0 Å². The minimum atomic E-state index is 0.141. The second-order valence-electron chi connectivity index (χ2n) is 4.55. The quantitative estimate of drug-likeness (QED) is 0.838. The predicted octanol–water partition coefficient (Wildman–Crippen LogP) is 4.22. The molecular formula is C16H19NOS. The molecule has 1 aromatic carbocycles. The Morgan fingerprint density at radius 1 is 1.26 bits per heavy atom. The molecule has 0 aliphatic heterocycles. The fourth-order valence-electron chi connectivity index (χ4n) is 1.99. The highest BCUT2D eigenvalue weighted by Gasteiger charge is 2.06. The summed E-state index contributed by atoms with van der Waals surface area (Å²) in [6.45, 7) is 2.70. The molecule has 0 saturated carbocycles. The van der Waals surface area contributed by atoms with Crippen LogP contribution in [0.1, 0.15) is 31.7 Å². The lowest BCUT2D eigenvalue weighted by Crippen LogP contribution is -2.22. The van der Waals surface area contributed by atoms with E-state index in [0.29, 0.717) is 13.0 Å². The summed E-state index contributed by atoms with van der Waals surface area (Å²) in [4.78, 5) is 11.7. The molecule has 0 unspecified atom stereocenters. The van der Waals surface area contributed by atoms with E-state index >= 15 is 0 Å². The minimum absolute atomic E-state index is 0.141. The highest BCUT2D eigenvalue weighted by molar-refractivity contribution is 7.08. The summed E-state index contributed by atoms with van der Waals surface area (Å²) in [6.07, 6.45) is 2.63. The van der Waals surface area contributed by atoms with Crippen LogP contribution in [0.5, 0.6) is 0 Å². The van der Waals surface area contributed by atoms with Gasteiger partial charge in [-0.3, -0.25) is 4.79 Å². The number of benzene rings is 1. The molecule has 1 amide bonds. The summed E-state index contributed by atoms with van der Waals surface area (Å²) in [5.41, 5.74) is 3.61. The maximum atomic E-state index is 11.7. The van der Waals surface area contributed by atoms with E-state index in [9.17, 15) is 4.79 Å². The van der Waals surface area contributed by atoms with E-state index in [1.54, 1.807) is 11.3 Å². The summed E-state index contributed by atoms with van der Waals surface area (Å²) in [6, 6.07) is 10.4. The van der Waals surface area contributed by atoms with Crippen LogP contribution in [0.3, 0.4) is 0 Å². The number of amides is 1. The Morgan fingerprint density at radius 3 is 2.84 bits per heavy atom. The van der Waals surface area contributed by atoms with Crippen LogP contribution in [-0.4, -0.2) is 5.91 Å². The molecule has 0 aliphatic carbocycles. The summed E-state index contributed by atoms with van der Waals surface area (Å²) >= 11 is 1.69. The van der Waals surface area contributed by atoms with E-state index in [-0.39, 0.29) is 5.91 Å². The molecular weight excluding hydrogens is 254 g/mol. The summed E-state index contributed by atoms with van der Waals surface area (Å²) < 4.78 is 0. The zero-order chi connectivity index (χ0) is 13.5. The molecule has 0 fully saturated rings. The first-order chi connectivity index (χ1) is 9.31. The fraction of sp³-hybridized carbons (Fsp3) is 0.312. The van der Waals surface area contributed by atoms with Gasteiger partial charge in [-0.1, -0.05) is 37.6 Å². The van der Waals surface area contributed by atoms with Gasteiger partial charge in [0, 0.05) is 13.0 Å². The SMILES string of the molecule is CCCCC(=O)NCc1ccccc1-c1ccsc1. The third kappa shape index (κ3) is 3.93. The minimum Gasteiger partial charge on any atom is -0.352 e. The van der Waals surface area contributed by atoms with Crippen molar-refractivity contribution >= 4 is 17.2 Å². The van der Waals surface area contributed by atoms with E-state index in [0.717, 1.165) is 12.8 Å². The molecule has 1 N–H and O–H groups in total. The molecule has 0 spiro atoms. The predicted molar refractivity (Wildman–Crippen MR) is 81.1 cm³/mol. The van der Waals surface area contributed by atoms with Crippen LogP contribution < -0.4 is 5.32 Å². The third-order valence-electron chi connectivity index (χ3n) is 3.08. The van der Waals surface area contributed by atoms with Crippen molar-refractivity contribution in [1.82, 2.24) is 5.32 Å². The van der Waals surface area contributed by atoms with Crippen molar-refractivity contribution in [3.8, 4) is 11.1 Å². The standard InChI is InChI=1S/C16H19NOS/c1-2-3-8-16(18)17-11-13-6-4-5-7-15(13)14-9-10-19-12-14/h4-7,9-10,12H,2-3,8,11H2,1H3,(H,17,18). The number of hydrogen-bond donors (Lipinski definition) is 1. The lowest BCUT2D eigenvalue weighted by molar-refractivity contribution is -0.121. The zero-order valence-electron chi connectivity index (χ0n) is 11.2. The molecule has 0 saturated heterocycles. The van der Waals surface area contributed by atoms with Gasteiger partial charge in [0.05, 0.1) is 0 Å². The van der Waals surface area contributed by atoms with Crippen molar-refractivity contribution in [3.63, 3.8) is 0 Å². The number of rotatable bonds is 6. The Morgan fingerprint density at radius 2 is 2.11 bits per heavy atom. The highest BCUT2D eigenvalue weighted by Crippen LogP contribution is 2.25. The van der Waals surface area contributed by atoms with Crippen molar-refractivity contribution in [2.45, 2.75) is 32.7 Å². The lowest BCUT2D eigenvalue weighted by atomic mass is 10.0. The van der Waals surface area contributed by atoms with Gasteiger partial charge in [0.2, 0.25) is 5.91 Å². The van der Waals surface area contributed by atoms with Gasteiger partial charge < -0.3 is 5.32 Å². The van der Waals surface area contributed by atoms with Gasteiger partial charge in [0.25, 0.3) is 0 Å². The Labute approximate surface area is 118 Å². The Hall–Kier alpha value is -1.61. The molecule has 3 heteroatoms. The number of thiophene rings is 1. The lowest BCUT2D eigenvalue weighted by Gasteiger charge is -2.09. The monoisotopic (exact) mass is 273 g/mol. The van der Waals surface area contributed by atoms with Crippen molar-refractivity contribution in [1.29, 1.82) is 0 Å². The molecule has 2 rings (SSSR count). The number of carbonyl (C=O) groups excluding carboxylic acids is 1. The molecule has 0 atom stereocenters. The van der Waals surface area contributed by atoms with Crippen molar-refractivity contribution < 1.29 is 4.79 Å². The van der Waals surface area contributed by atoms with Gasteiger partial charge in [0.1, 0.15) is 0 Å². The molecule has 19 heavy (non-hydrogen) atoms. The normalized spacial score (nSPS) is 10.4. The van der Waals surface area contributed by atoms with E-state index in [2.05, 4.69) is 41.2 Å². The van der Waals surface area contributed by atoms with Crippen LogP contribution in [0.15, 0.2) is 41.1 Å². The van der Waals surface area contributed by atoms with Crippen LogP contribution >= 0.6 is 11.3 Å². The Balaban J connectivity index is 2.03. The van der Waals surface area contributed by atoms with Gasteiger partial charge in [0.15, 0.2) is 0 Å². The second kappa shape index (κ2) is 7.10. The molecule has 2 aromatic rings. The molecule has 100 valence electrons. The van der Waals surface area contributed by atoms with Crippen molar-refractivity contribution in [3.05, 3.63) is 46.7 Å². The average Bonchev–Trinajstić information content (AvgIpc) is 2.97. The van der Waals surface area contributed by atoms with Crippen molar-refractivity contribution in [2.75, 3.05) is 0 Å². The van der Waals surface area contributed by atoms with Crippen molar-refractivity contribution in [2.24, 2.45) is 0 Å². The van der Waals surface area contributed by atoms with Gasteiger partial charge in [-0.15, -0.1) is 0 Å². The molecule has 0 bridgehead atoms.